The predicted octanol–water partition coefficient (Wildman–Crippen LogP) is 2.56. The molecule has 2 amide bonds. The van der Waals surface area contributed by atoms with E-state index in [2.05, 4.69) is 0 Å². The van der Waals surface area contributed by atoms with Crippen molar-refractivity contribution in [1.29, 1.82) is 0 Å². The Bertz CT molecular complexity index is 599. The summed E-state index contributed by atoms with van der Waals surface area (Å²) in [6.45, 7) is 3.31. The molecule has 120 valence electrons. The van der Waals surface area contributed by atoms with E-state index in [0.29, 0.717) is 12.8 Å². The number of aliphatic hydroxyl groups excluding tert-OH is 1. The Labute approximate surface area is 127 Å². The summed E-state index contributed by atoms with van der Waals surface area (Å²) in [6.07, 6.45) is -0.311. The molecular formula is C16H19F2NO3. The molecule has 1 aliphatic heterocycles. The number of carbonyl (C=O) groups is 2. The Morgan fingerprint density at radius 3 is 2.45 bits per heavy atom. The van der Waals surface area contributed by atoms with Crippen LogP contribution in [0.4, 0.5) is 8.78 Å². The van der Waals surface area contributed by atoms with Gasteiger partial charge in [0.2, 0.25) is 11.8 Å². The van der Waals surface area contributed by atoms with Crippen molar-refractivity contribution in [3.8, 4) is 0 Å². The zero-order chi connectivity index (χ0) is 16.5. The Morgan fingerprint density at radius 2 is 1.91 bits per heavy atom. The monoisotopic (exact) mass is 311 g/mol. The van der Waals surface area contributed by atoms with Crippen LogP contribution in [0.15, 0.2) is 18.2 Å². The highest BCUT2D eigenvalue weighted by atomic mass is 19.1. The van der Waals surface area contributed by atoms with Crippen molar-refractivity contribution in [3.05, 3.63) is 35.4 Å². The zero-order valence-electron chi connectivity index (χ0n) is 12.6. The maximum Gasteiger partial charge on any atom is 0.235 e. The third-order valence-corrected chi connectivity index (χ3v) is 4.52. The number of β-amino-alcohol motifs (C(OH)–C–C–N with tert-alkyl or cyclic N) is 1. The van der Waals surface area contributed by atoms with Crippen molar-refractivity contribution in [2.24, 2.45) is 5.41 Å². The molecule has 1 heterocycles. The number of hydrogen-bond acceptors (Lipinski definition) is 3. The molecular weight excluding hydrogens is 292 g/mol. The van der Waals surface area contributed by atoms with E-state index in [-0.39, 0.29) is 30.3 Å². The molecule has 0 aromatic heterocycles. The Kier molecular flexibility index (Phi) is 4.60. The standard InChI is InChI=1S/C16H19F2NO3/c1-3-16(4-2)8-14(21)19(15(16)22)9-13(20)11-7-10(17)5-6-12(11)18/h5-7,13,20H,3-4,8-9H2,1-2H3/t13-/m1/s1. The molecule has 1 N–H and O–H groups in total. The lowest BCUT2D eigenvalue weighted by molar-refractivity contribution is -0.143. The van der Waals surface area contributed by atoms with Gasteiger partial charge in [-0.25, -0.2) is 8.78 Å². The van der Waals surface area contributed by atoms with Crippen LogP contribution in [0.5, 0.6) is 0 Å². The van der Waals surface area contributed by atoms with E-state index >= 15 is 0 Å². The number of aliphatic hydroxyl groups is 1. The smallest absolute Gasteiger partial charge is 0.235 e. The maximum absolute atomic E-state index is 13.7. The second kappa shape index (κ2) is 6.12. The van der Waals surface area contributed by atoms with Gasteiger partial charge in [0.15, 0.2) is 0 Å². The number of amides is 2. The average molecular weight is 311 g/mol. The van der Waals surface area contributed by atoms with E-state index in [9.17, 15) is 23.5 Å². The quantitative estimate of drug-likeness (QED) is 0.850. The minimum atomic E-state index is -1.45. The second-order valence-electron chi connectivity index (χ2n) is 5.66. The van der Waals surface area contributed by atoms with Gasteiger partial charge >= 0.3 is 0 Å². The zero-order valence-corrected chi connectivity index (χ0v) is 12.6. The van der Waals surface area contributed by atoms with Gasteiger partial charge in [-0.3, -0.25) is 14.5 Å². The second-order valence-corrected chi connectivity index (χ2v) is 5.66. The minimum Gasteiger partial charge on any atom is -0.386 e. The van der Waals surface area contributed by atoms with Crippen molar-refractivity contribution in [2.45, 2.75) is 39.2 Å². The van der Waals surface area contributed by atoms with Crippen LogP contribution in [0.1, 0.15) is 44.8 Å². The molecule has 0 aliphatic carbocycles. The molecule has 1 fully saturated rings. The molecule has 0 unspecified atom stereocenters. The van der Waals surface area contributed by atoms with E-state index in [1.54, 1.807) is 0 Å². The highest BCUT2D eigenvalue weighted by Crippen LogP contribution is 2.39. The van der Waals surface area contributed by atoms with Gasteiger partial charge in [-0.05, 0) is 31.0 Å². The number of hydrogen-bond donors (Lipinski definition) is 1. The van der Waals surface area contributed by atoms with Crippen LogP contribution in [0.25, 0.3) is 0 Å². The SMILES string of the molecule is CCC1(CC)CC(=O)N(C[C@@H](O)c2cc(F)ccc2F)C1=O. The average Bonchev–Trinajstić information content (AvgIpc) is 2.74. The number of benzene rings is 1. The molecule has 22 heavy (non-hydrogen) atoms. The summed E-state index contributed by atoms with van der Waals surface area (Å²) in [4.78, 5) is 25.5. The molecule has 0 radical (unpaired) electrons. The lowest BCUT2D eigenvalue weighted by Crippen LogP contribution is -2.38. The number of likely N-dealkylation sites (tertiary alicyclic amines) is 1. The summed E-state index contributed by atoms with van der Waals surface area (Å²) in [6, 6.07) is 2.72. The Hall–Kier alpha value is -1.82. The summed E-state index contributed by atoms with van der Waals surface area (Å²) >= 11 is 0. The van der Waals surface area contributed by atoms with E-state index < -0.39 is 23.2 Å². The first-order chi connectivity index (χ1) is 10.3. The van der Waals surface area contributed by atoms with Crippen molar-refractivity contribution in [2.75, 3.05) is 6.54 Å². The lowest BCUT2D eigenvalue weighted by atomic mass is 9.81. The topological polar surface area (TPSA) is 57.6 Å². The summed E-state index contributed by atoms with van der Waals surface area (Å²) < 4.78 is 26.8. The number of rotatable bonds is 5. The molecule has 6 heteroatoms. The van der Waals surface area contributed by atoms with Crippen molar-refractivity contribution in [1.82, 2.24) is 4.90 Å². The van der Waals surface area contributed by atoms with Gasteiger partial charge in [-0.15, -0.1) is 0 Å². The van der Waals surface area contributed by atoms with Gasteiger partial charge in [0.1, 0.15) is 11.6 Å². The molecule has 0 spiro atoms. The first kappa shape index (κ1) is 16.5. The van der Waals surface area contributed by atoms with Crippen LogP contribution in [-0.4, -0.2) is 28.4 Å². The molecule has 0 bridgehead atoms. The molecule has 2 rings (SSSR count). The molecule has 1 aromatic rings. The van der Waals surface area contributed by atoms with Gasteiger partial charge < -0.3 is 5.11 Å². The Balaban J connectivity index is 2.21. The molecule has 1 aliphatic rings. The predicted molar refractivity (Wildman–Crippen MR) is 75.7 cm³/mol. The maximum atomic E-state index is 13.7. The summed E-state index contributed by atoms with van der Waals surface area (Å²) in [5, 5.41) is 10.1. The van der Waals surface area contributed by atoms with E-state index in [4.69, 9.17) is 0 Å². The molecule has 4 nitrogen and oxygen atoms in total. The summed E-state index contributed by atoms with van der Waals surface area (Å²) in [5.74, 6) is -2.20. The fourth-order valence-corrected chi connectivity index (χ4v) is 2.89. The number of carbonyl (C=O) groups excluding carboxylic acids is 2. The third-order valence-electron chi connectivity index (χ3n) is 4.52. The van der Waals surface area contributed by atoms with Gasteiger partial charge in [-0.1, -0.05) is 13.8 Å². The van der Waals surface area contributed by atoms with Crippen molar-refractivity contribution >= 4 is 11.8 Å². The van der Waals surface area contributed by atoms with Gasteiger partial charge in [0.05, 0.1) is 18.1 Å². The molecule has 1 saturated heterocycles. The number of halogens is 2. The minimum absolute atomic E-state index is 0.0944. The van der Waals surface area contributed by atoms with Crippen LogP contribution in [0, 0.1) is 17.0 Å². The highest BCUT2D eigenvalue weighted by molar-refractivity contribution is 6.05. The first-order valence-electron chi connectivity index (χ1n) is 7.32. The van der Waals surface area contributed by atoms with Gasteiger partial charge in [0, 0.05) is 12.0 Å². The highest BCUT2D eigenvalue weighted by Gasteiger charge is 2.49. The summed E-state index contributed by atoms with van der Waals surface area (Å²) in [5.41, 5.74) is -0.997. The van der Waals surface area contributed by atoms with Crippen LogP contribution < -0.4 is 0 Å². The van der Waals surface area contributed by atoms with Crippen LogP contribution in [-0.2, 0) is 9.59 Å². The van der Waals surface area contributed by atoms with E-state index in [0.717, 1.165) is 23.1 Å². The molecule has 1 aromatic carbocycles. The lowest BCUT2D eigenvalue weighted by Gasteiger charge is -2.25. The fraction of sp³-hybridized carbons (Fsp3) is 0.500. The van der Waals surface area contributed by atoms with E-state index in [1.165, 1.54) is 0 Å². The van der Waals surface area contributed by atoms with Crippen molar-refractivity contribution in [3.63, 3.8) is 0 Å². The summed E-state index contributed by atoms with van der Waals surface area (Å²) in [7, 11) is 0. The molecule has 0 saturated carbocycles. The van der Waals surface area contributed by atoms with Crippen LogP contribution in [0.2, 0.25) is 0 Å². The number of nitrogens with zero attached hydrogens (tertiary/aromatic N) is 1. The van der Waals surface area contributed by atoms with Crippen LogP contribution in [0.3, 0.4) is 0 Å². The third kappa shape index (κ3) is 2.75. The Morgan fingerprint density at radius 1 is 1.27 bits per heavy atom. The number of imide groups is 1. The van der Waals surface area contributed by atoms with E-state index in [1.807, 2.05) is 13.8 Å². The van der Waals surface area contributed by atoms with Crippen molar-refractivity contribution < 1.29 is 23.5 Å². The first-order valence-corrected chi connectivity index (χ1v) is 7.32. The molecule has 1 atom stereocenters. The van der Waals surface area contributed by atoms with Gasteiger partial charge in [0.25, 0.3) is 0 Å². The normalized spacial score (nSPS) is 18.9. The fourth-order valence-electron chi connectivity index (χ4n) is 2.89. The largest absolute Gasteiger partial charge is 0.386 e. The van der Waals surface area contributed by atoms with Crippen LogP contribution >= 0.6 is 0 Å². The van der Waals surface area contributed by atoms with Gasteiger partial charge in [-0.2, -0.15) is 0 Å².